The molecule has 0 aliphatic carbocycles. The summed E-state index contributed by atoms with van der Waals surface area (Å²) in [6, 6.07) is 0.781. The van der Waals surface area contributed by atoms with Gasteiger partial charge in [-0.3, -0.25) is 4.79 Å². The Kier molecular flexibility index (Phi) is 2.64. The van der Waals surface area contributed by atoms with Crippen molar-refractivity contribution in [3.63, 3.8) is 0 Å². The number of aromatic amines is 1. The van der Waals surface area contributed by atoms with Crippen molar-refractivity contribution < 1.29 is 18.7 Å². The Hall–Kier alpha value is -1.72. The predicted molar refractivity (Wildman–Crippen MR) is 43.7 cm³/mol. The lowest BCUT2D eigenvalue weighted by Gasteiger charge is -2.06. The van der Waals surface area contributed by atoms with Crippen LogP contribution in [0.4, 0.5) is 8.78 Å². The van der Waals surface area contributed by atoms with Crippen molar-refractivity contribution in [3.8, 4) is 0 Å². The fraction of sp³-hybridized carbons (Fsp3) is 0.250. The van der Waals surface area contributed by atoms with Gasteiger partial charge >= 0.3 is 5.97 Å². The smallest absolute Gasteiger partial charge is 0.336 e. The predicted octanol–water partition coefficient (Wildman–Crippen LogP) is 1.32. The Balaban J connectivity index is 3.48. The standard InChI is InChI=1S/C8H7F2NO3/c1-3-4(8(13)14)2-5(12)11-6(3)7(9)10/h2,7H,1H3,(H,11,12)(H,13,14). The maximum Gasteiger partial charge on any atom is 0.336 e. The lowest BCUT2D eigenvalue weighted by molar-refractivity contribution is 0.0695. The topological polar surface area (TPSA) is 70.2 Å². The third-order valence-corrected chi connectivity index (χ3v) is 1.79. The van der Waals surface area contributed by atoms with Gasteiger partial charge in [0.1, 0.15) is 0 Å². The van der Waals surface area contributed by atoms with E-state index in [9.17, 15) is 18.4 Å². The number of halogens is 2. The average molecular weight is 203 g/mol. The molecule has 0 saturated carbocycles. The highest BCUT2D eigenvalue weighted by atomic mass is 19.3. The van der Waals surface area contributed by atoms with Gasteiger partial charge in [-0.2, -0.15) is 0 Å². The number of hydrogen-bond donors (Lipinski definition) is 2. The first kappa shape index (κ1) is 10.4. The molecule has 0 amide bonds. The molecule has 1 aromatic heterocycles. The summed E-state index contributed by atoms with van der Waals surface area (Å²) in [5.41, 5.74) is -2.01. The summed E-state index contributed by atoms with van der Waals surface area (Å²) in [6.45, 7) is 1.22. The maximum absolute atomic E-state index is 12.3. The molecule has 0 bridgehead atoms. The number of hydrogen-bond acceptors (Lipinski definition) is 2. The van der Waals surface area contributed by atoms with Crippen molar-refractivity contribution >= 4 is 5.97 Å². The van der Waals surface area contributed by atoms with Gasteiger partial charge in [-0.15, -0.1) is 0 Å². The minimum absolute atomic E-state index is 0.118. The second-order valence-electron chi connectivity index (χ2n) is 2.69. The van der Waals surface area contributed by atoms with E-state index in [1.165, 1.54) is 6.92 Å². The van der Waals surface area contributed by atoms with E-state index in [2.05, 4.69) is 0 Å². The van der Waals surface area contributed by atoms with E-state index in [-0.39, 0.29) is 5.56 Å². The number of carboxylic acid groups (broad SMARTS) is 1. The Morgan fingerprint density at radius 1 is 1.57 bits per heavy atom. The van der Waals surface area contributed by atoms with Crippen LogP contribution < -0.4 is 5.56 Å². The Morgan fingerprint density at radius 3 is 2.57 bits per heavy atom. The van der Waals surface area contributed by atoms with Crippen LogP contribution in [0.1, 0.15) is 28.0 Å². The van der Waals surface area contributed by atoms with Crippen molar-refractivity contribution in [2.45, 2.75) is 13.3 Å². The fourth-order valence-electron chi connectivity index (χ4n) is 1.09. The quantitative estimate of drug-likeness (QED) is 0.761. The van der Waals surface area contributed by atoms with Crippen LogP contribution in [0.2, 0.25) is 0 Å². The van der Waals surface area contributed by atoms with Crippen molar-refractivity contribution in [1.29, 1.82) is 0 Å². The minimum atomic E-state index is -2.89. The maximum atomic E-state index is 12.3. The first-order chi connectivity index (χ1) is 6.43. The van der Waals surface area contributed by atoms with Crippen LogP contribution >= 0.6 is 0 Å². The number of carbonyl (C=O) groups is 1. The monoisotopic (exact) mass is 203 g/mol. The van der Waals surface area contributed by atoms with Crippen LogP contribution in [0, 0.1) is 6.92 Å². The van der Waals surface area contributed by atoms with Gasteiger partial charge in [-0.25, -0.2) is 13.6 Å². The van der Waals surface area contributed by atoms with Gasteiger partial charge in [0.15, 0.2) is 0 Å². The van der Waals surface area contributed by atoms with Gasteiger partial charge in [0.2, 0.25) is 5.56 Å². The zero-order valence-corrected chi connectivity index (χ0v) is 7.17. The second-order valence-corrected chi connectivity index (χ2v) is 2.69. The van der Waals surface area contributed by atoms with Crippen molar-refractivity contribution in [2.75, 3.05) is 0 Å². The number of nitrogens with one attached hydrogen (secondary N) is 1. The van der Waals surface area contributed by atoms with Crippen LogP contribution in [0.15, 0.2) is 10.9 Å². The summed E-state index contributed by atoms with van der Waals surface area (Å²) in [5.74, 6) is -1.39. The van der Waals surface area contributed by atoms with E-state index in [0.717, 1.165) is 6.07 Å². The highest BCUT2D eigenvalue weighted by molar-refractivity contribution is 5.89. The molecule has 2 N–H and O–H groups in total. The van der Waals surface area contributed by atoms with E-state index < -0.39 is 29.2 Å². The molecule has 0 unspecified atom stereocenters. The summed E-state index contributed by atoms with van der Waals surface area (Å²) in [7, 11) is 0. The molecule has 1 heterocycles. The fourth-order valence-corrected chi connectivity index (χ4v) is 1.09. The zero-order valence-electron chi connectivity index (χ0n) is 7.17. The SMILES string of the molecule is Cc1c(C(=O)O)cc(=O)[nH]c1C(F)F. The lowest BCUT2D eigenvalue weighted by atomic mass is 10.1. The number of aromatic nitrogens is 1. The van der Waals surface area contributed by atoms with E-state index in [0.29, 0.717) is 0 Å². The van der Waals surface area contributed by atoms with Crippen LogP contribution in [0.25, 0.3) is 0 Å². The highest BCUT2D eigenvalue weighted by Crippen LogP contribution is 2.20. The summed E-state index contributed by atoms with van der Waals surface area (Å²) >= 11 is 0. The highest BCUT2D eigenvalue weighted by Gasteiger charge is 2.18. The minimum Gasteiger partial charge on any atom is -0.478 e. The first-order valence-electron chi connectivity index (χ1n) is 3.68. The largest absolute Gasteiger partial charge is 0.478 e. The average Bonchev–Trinajstić information content (AvgIpc) is 2.07. The number of H-pyrrole nitrogens is 1. The van der Waals surface area contributed by atoms with Crippen molar-refractivity contribution in [2.24, 2.45) is 0 Å². The molecular formula is C8H7F2NO3. The third-order valence-electron chi connectivity index (χ3n) is 1.79. The molecule has 1 rings (SSSR count). The molecule has 0 saturated heterocycles. The molecule has 1 aromatic rings. The van der Waals surface area contributed by atoms with Gasteiger partial charge < -0.3 is 10.1 Å². The van der Waals surface area contributed by atoms with Crippen LogP contribution in [0.5, 0.6) is 0 Å². The van der Waals surface area contributed by atoms with Gasteiger partial charge in [-0.1, -0.05) is 0 Å². The van der Waals surface area contributed by atoms with E-state index in [4.69, 9.17) is 5.11 Å². The van der Waals surface area contributed by atoms with Gasteiger partial charge in [0.25, 0.3) is 6.43 Å². The molecular weight excluding hydrogens is 196 g/mol. The summed E-state index contributed by atoms with van der Waals surface area (Å²) in [4.78, 5) is 23.3. The molecule has 0 radical (unpaired) electrons. The molecule has 4 nitrogen and oxygen atoms in total. The molecule has 6 heteroatoms. The molecule has 0 atom stereocenters. The van der Waals surface area contributed by atoms with Gasteiger partial charge in [0, 0.05) is 6.07 Å². The zero-order chi connectivity index (χ0) is 10.9. The molecule has 14 heavy (non-hydrogen) atoms. The van der Waals surface area contributed by atoms with Crippen LogP contribution in [-0.4, -0.2) is 16.1 Å². The number of alkyl halides is 2. The number of carboxylic acids is 1. The molecule has 0 aliphatic heterocycles. The summed E-state index contributed by atoms with van der Waals surface area (Å²) in [6.07, 6.45) is -2.89. The van der Waals surface area contributed by atoms with Crippen LogP contribution in [-0.2, 0) is 0 Å². The molecule has 0 spiro atoms. The molecule has 0 aromatic carbocycles. The second kappa shape index (κ2) is 3.57. The Bertz CT molecular complexity index is 425. The number of rotatable bonds is 2. The summed E-state index contributed by atoms with van der Waals surface area (Å²) < 4.78 is 24.6. The third kappa shape index (κ3) is 1.78. The van der Waals surface area contributed by atoms with Crippen molar-refractivity contribution in [3.05, 3.63) is 33.2 Å². The summed E-state index contributed by atoms with van der Waals surface area (Å²) in [5, 5.41) is 8.60. The normalized spacial score (nSPS) is 10.6. The number of aromatic carboxylic acids is 1. The number of pyridine rings is 1. The molecule has 0 fully saturated rings. The van der Waals surface area contributed by atoms with E-state index in [1.54, 1.807) is 0 Å². The van der Waals surface area contributed by atoms with Crippen LogP contribution in [0.3, 0.4) is 0 Å². The van der Waals surface area contributed by atoms with E-state index in [1.807, 2.05) is 4.98 Å². The molecule has 76 valence electrons. The van der Waals surface area contributed by atoms with E-state index >= 15 is 0 Å². The Labute approximate surface area is 77.2 Å². The van der Waals surface area contributed by atoms with Gasteiger partial charge in [0.05, 0.1) is 11.3 Å². The van der Waals surface area contributed by atoms with Gasteiger partial charge in [-0.05, 0) is 12.5 Å². The van der Waals surface area contributed by atoms with Crippen molar-refractivity contribution in [1.82, 2.24) is 4.98 Å². The lowest BCUT2D eigenvalue weighted by Crippen LogP contribution is -2.15. The molecule has 0 aliphatic rings. The first-order valence-corrected chi connectivity index (χ1v) is 3.68. The Morgan fingerprint density at radius 2 is 2.14 bits per heavy atom.